The Kier molecular flexibility index (Phi) is 6.84. The van der Waals surface area contributed by atoms with E-state index in [1.54, 1.807) is 24.3 Å². The fourth-order valence-electron chi connectivity index (χ4n) is 3.23. The number of nitrogens with one attached hydrogen (secondary N) is 2. The first kappa shape index (κ1) is 25.7. The Morgan fingerprint density at radius 2 is 1.65 bits per heavy atom. The summed E-state index contributed by atoms with van der Waals surface area (Å²) in [7, 11) is 0. The second-order valence-electron chi connectivity index (χ2n) is 7.31. The number of aryl methyl sites for hydroxylation is 1. The fraction of sp³-hybridized carbons (Fsp3) is 0.350. The molecule has 2 aromatic rings. The third-order valence-electron chi connectivity index (χ3n) is 4.96. The third-order valence-corrected chi connectivity index (χ3v) is 5.49. The molecule has 0 saturated heterocycles. The van der Waals surface area contributed by atoms with Gasteiger partial charge in [0, 0.05) is 27.7 Å². The number of carbonyl (C=O) groups excluding carboxylic acids is 2. The van der Waals surface area contributed by atoms with Crippen molar-refractivity contribution in [2.24, 2.45) is 5.10 Å². The quantitative estimate of drug-likeness (QED) is 0.371. The van der Waals surface area contributed by atoms with Crippen LogP contribution in [0, 0.1) is 6.92 Å². The third kappa shape index (κ3) is 4.68. The van der Waals surface area contributed by atoms with E-state index in [4.69, 9.17) is 4.42 Å². The molecular formula is C20H15BrF7N3O3. The molecule has 0 radical (unpaired) electrons. The van der Waals surface area contributed by atoms with Crippen LogP contribution in [0.5, 0.6) is 0 Å². The number of alkyl halides is 7. The molecule has 0 saturated carbocycles. The molecule has 1 aromatic heterocycles. The van der Waals surface area contributed by atoms with Gasteiger partial charge in [0.1, 0.15) is 5.76 Å². The molecule has 3 rings (SSSR count). The van der Waals surface area contributed by atoms with Crippen LogP contribution in [0.2, 0.25) is 0 Å². The molecule has 34 heavy (non-hydrogen) atoms. The lowest BCUT2D eigenvalue weighted by atomic mass is 9.93. The van der Waals surface area contributed by atoms with Crippen molar-refractivity contribution < 1.29 is 44.7 Å². The molecule has 1 aromatic carbocycles. The van der Waals surface area contributed by atoms with Crippen molar-refractivity contribution in [2.75, 3.05) is 5.32 Å². The first-order valence-electron chi connectivity index (χ1n) is 9.55. The SMILES string of the molecule is Cc1c(C(=O)Nc2ccc(Br)cc2)oc2c1/C(=N/NC(=O)C(F)(F)C(F)(F)C(F)(F)F)CCC2. The van der Waals surface area contributed by atoms with Crippen molar-refractivity contribution in [3.63, 3.8) is 0 Å². The molecule has 0 spiro atoms. The van der Waals surface area contributed by atoms with Crippen molar-refractivity contribution in [3.05, 3.63) is 51.4 Å². The Balaban J connectivity index is 1.85. The largest absolute Gasteiger partial charge is 0.460 e. The van der Waals surface area contributed by atoms with Crippen LogP contribution in [-0.2, 0) is 11.2 Å². The highest BCUT2D eigenvalue weighted by molar-refractivity contribution is 9.10. The number of fused-ring (bicyclic) bond motifs is 1. The summed E-state index contributed by atoms with van der Waals surface area (Å²) in [5.41, 5.74) is 1.83. The van der Waals surface area contributed by atoms with E-state index in [2.05, 4.69) is 26.3 Å². The minimum atomic E-state index is -6.66. The van der Waals surface area contributed by atoms with Crippen LogP contribution in [0.15, 0.2) is 38.3 Å². The lowest BCUT2D eigenvalue weighted by Gasteiger charge is -2.26. The topological polar surface area (TPSA) is 83.7 Å². The average molecular weight is 558 g/mol. The van der Waals surface area contributed by atoms with E-state index < -0.39 is 29.8 Å². The summed E-state index contributed by atoms with van der Waals surface area (Å²) < 4.78 is 96.4. The second-order valence-corrected chi connectivity index (χ2v) is 8.23. The Morgan fingerprint density at radius 3 is 2.24 bits per heavy atom. The molecule has 0 fully saturated rings. The summed E-state index contributed by atoms with van der Waals surface area (Å²) in [6.45, 7) is 1.45. The van der Waals surface area contributed by atoms with Crippen molar-refractivity contribution in [1.82, 2.24) is 5.43 Å². The molecule has 2 N–H and O–H groups in total. The number of carbonyl (C=O) groups is 2. The van der Waals surface area contributed by atoms with Crippen LogP contribution >= 0.6 is 15.9 Å². The minimum absolute atomic E-state index is 0.0582. The number of hydrazone groups is 1. The van der Waals surface area contributed by atoms with Crippen LogP contribution < -0.4 is 10.7 Å². The van der Waals surface area contributed by atoms with Crippen molar-refractivity contribution >= 4 is 39.1 Å². The van der Waals surface area contributed by atoms with E-state index in [1.807, 2.05) is 0 Å². The van der Waals surface area contributed by atoms with Gasteiger partial charge in [-0.05, 0) is 44.0 Å². The molecule has 1 aliphatic rings. The van der Waals surface area contributed by atoms with E-state index >= 15 is 0 Å². The van der Waals surface area contributed by atoms with Gasteiger partial charge in [-0.15, -0.1) is 0 Å². The average Bonchev–Trinajstić information content (AvgIpc) is 3.10. The van der Waals surface area contributed by atoms with Gasteiger partial charge in [0.2, 0.25) is 0 Å². The van der Waals surface area contributed by atoms with Crippen LogP contribution in [0.3, 0.4) is 0 Å². The minimum Gasteiger partial charge on any atom is -0.455 e. The monoisotopic (exact) mass is 557 g/mol. The summed E-state index contributed by atoms with van der Waals surface area (Å²) in [5, 5.41) is 5.95. The fourth-order valence-corrected chi connectivity index (χ4v) is 3.49. The first-order valence-corrected chi connectivity index (χ1v) is 10.3. The predicted molar refractivity (Wildman–Crippen MR) is 109 cm³/mol. The Labute approximate surface area is 195 Å². The maximum Gasteiger partial charge on any atom is 0.460 e. The summed E-state index contributed by atoms with van der Waals surface area (Å²) in [4.78, 5) is 24.1. The van der Waals surface area contributed by atoms with Crippen molar-refractivity contribution in [2.45, 2.75) is 44.2 Å². The molecule has 0 bridgehead atoms. The molecule has 6 nitrogen and oxygen atoms in total. The number of amides is 2. The standard InChI is InChI=1S/C20H15BrF7N3O3/c1-9-14-12(30-31-17(33)18(22,23)19(24,25)20(26,27)28)3-2-4-13(14)34-15(9)16(32)29-11-7-5-10(21)6-8-11/h5-8H,2-4H2,1H3,(H,29,32)(H,31,33)/b30-12+. The van der Waals surface area contributed by atoms with Crippen molar-refractivity contribution in [1.29, 1.82) is 0 Å². The van der Waals surface area contributed by atoms with Gasteiger partial charge in [-0.25, -0.2) is 5.43 Å². The van der Waals surface area contributed by atoms with E-state index in [0.717, 1.165) is 9.90 Å². The number of hydrogen-bond donors (Lipinski definition) is 2. The van der Waals surface area contributed by atoms with E-state index in [9.17, 15) is 40.3 Å². The second kappa shape index (κ2) is 9.04. The van der Waals surface area contributed by atoms with Crippen LogP contribution in [0.1, 0.15) is 40.3 Å². The number of rotatable bonds is 5. The molecule has 0 unspecified atom stereocenters. The first-order chi connectivity index (χ1) is 15.7. The molecule has 14 heteroatoms. The highest BCUT2D eigenvalue weighted by Crippen LogP contribution is 2.46. The van der Waals surface area contributed by atoms with E-state index in [1.165, 1.54) is 6.92 Å². The molecule has 1 aliphatic carbocycles. The normalized spacial score (nSPS) is 15.7. The number of nitrogens with zero attached hydrogens (tertiary/aromatic N) is 1. The van der Waals surface area contributed by atoms with Gasteiger partial charge >= 0.3 is 23.9 Å². The lowest BCUT2D eigenvalue weighted by Crippen LogP contribution is -2.58. The zero-order valence-electron chi connectivity index (χ0n) is 17.1. The molecular weight excluding hydrogens is 543 g/mol. The number of hydrogen-bond acceptors (Lipinski definition) is 4. The zero-order chi connectivity index (χ0) is 25.5. The van der Waals surface area contributed by atoms with Gasteiger partial charge in [0.05, 0.1) is 5.71 Å². The highest BCUT2D eigenvalue weighted by Gasteiger charge is 2.76. The molecule has 184 valence electrons. The molecule has 0 atom stereocenters. The zero-order valence-corrected chi connectivity index (χ0v) is 18.7. The van der Waals surface area contributed by atoms with Crippen LogP contribution in [0.25, 0.3) is 0 Å². The lowest BCUT2D eigenvalue weighted by molar-refractivity contribution is -0.344. The Bertz CT molecular complexity index is 1140. The van der Waals surface area contributed by atoms with E-state index in [0.29, 0.717) is 18.5 Å². The van der Waals surface area contributed by atoms with Crippen molar-refractivity contribution in [3.8, 4) is 0 Å². The number of halogens is 8. The van der Waals surface area contributed by atoms with E-state index in [-0.39, 0.29) is 34.8 Å². The predicted octanol–water partition coefficient (Wildman–Crippen LogP) is 5.59. The van der Waals surface area contributed by atoms with Crippen LogP contribution in [-0.4, -0.2) is 35.5 Å². The van der Waals surface area contributed by atoms with Gasteiger partial charge in [-0.1, -0.05) is 15.9 Å². The van der Waals surface area contributed by atoms with Crippen LogP contribution in [0.4, 0.5) is 36.4 Å². The number of benzene rings is 1. The summed E-state index contributed by atoms with van der Waals surface area (Å²) in [6, 6.07) is 6.58. The molecule has 1 heterocycles. The Hall–Kier alpha value is -2.90. The van der Waals surface area contributed by atoms with Gasteiger partial charge in [-0.2, -0.15) is 35.8 Å². The van der Waals surface area contributed by atoms with Gasteiger partial charge in [-0.3, -0.25) is 9.59 Å². The Morgan fingerprint density at radius 1 is 1.03 bits per heavy atom. The van der Waals surface area contributed by atoms with Gasteiger partial charge < -0.3 is 9.73 Å². The van der Waals surface area contributed by atoms with Gasteiger partial charge in [0.15, 0.2) is 5.76 Å². The summed E-state index contributed by atoms with van der Waals surface area (Å²) in [6.07, 6.45) is -5.95. The van der Waals surface area contributed by atoms with Gasteiger partial charge in [0.25, 0.3) is 5.91 Å². The smallest absolute Gasteiger partial charge is 0.455 e. The number of anilines is 1. The summed E-state index contributed by atoms with van der Waals surface area (Å²) in [5.74, 6) is -16.2. The maximum atomic E-state index is 13.5. The molecule has 2 amide bonds. The highest BCUT2D eigenvalue weighted by atomic mass is 79.9. The summed E-state index contributed by atoms with van der Waals surface area (Å²) >= 11 is 3.25. The number of furan rings is 1. The molecule has 0 aliphatic heterocycles. The maximum absolute atomic E-state index is 13.5.